The predicted octanol–water partition coefficient (Wildman–Crippen LogP) is 3.80. The van der Waals surface area contributed by atoms with Gasteiger partial charge in [0, 0.05) is 12.1 Å². The number of halogens is 1. The van der Waals surface area contributed by atoms with Crippen molar-refractivity contribution in [2.75, 3.05) is 5.73 Å². The Kier molecular flexibility index (Phi) is 3.82. The van der Waals surface area contributed by atoms with Gasteiger partial charge in [-0.15, -0.1) is 11.3 Å². The van der Waals surface area contributed by atoms with Crippen molar-refractivity contribution < 1.29 is 4.79 Å². The molecular weight excluding hydrogens is 254 g/mol. The van der Waals surface area contributed by atoms with Crippen LogP contribution in [0.2, 0.25) is 5.02 Å². The molecule has 2 rings (SSSR count). The van der Waals surface area contributed by atoms with Crippen molar-refractivity contribution in [2.45, 2.75) is 12.8 Å². The zero-order chi connectivity index (χ0) is 12.3. The summed E-state index contributed by atoms with van der Waals surface area (Å²) < 4.78 is 0. The summed E-state index contributed by atoms with van der Waals surface area (Å²) in [5, 5.41) is 2.39. The number of benzene rings is 1. The minimum atomic E-state index is 0.0989. The molecule has 2 nitrogen and oxygen atoms in total. The van der Waals surface area contributed by atoms with Crippen LogP contribution in [0.5, 0.6) is 0 Å². The number of carbonyl (C=O) groups excluding carboxylic acids is 1. The van der Waals surface area contributed by atoms with Gasteiger partial charge in [0.2, 0.25) is 0 Å². The number of thiophene rings is 1. The predicted molar refractivity (Wildman–Crippen MR) is 72.8 cm³/mol. The van der Waals surface area contributed by atoms with Crippen molar-refractivity contribution in [3.63, 3.8) is 0 Å². The van der Waals surface area contributed by atoms with Crippen molar-refractivity contribution in [3.8, 4) is 0 Å². The molecule has 1 heterocycles. The highest BCUT2D eigenvalue weighted by molar-refractivity contribution is 7.12. The van der Waals surface area contributed by atoms with Crippen molar-refractivity contribution in [2.24, 2.45) is 0 Å². The highest BCUT2D eigenvalue weighted by Crippen LogP contribution is 2.24. The van der Waals surface area contributed by atoms with Gasteiger partial charge < -0.3 is 5.73 Å². The van der Waals surface area contributed by atoms with Gasteiger partial charge in [0.25, 0.3) is 0 Å². The van der Waals surface area contributed by atoms with E-state index < -0.39 is 0 Å². The third kappa shape index (κ3) is 3.08. The molecule has 0 aliphatic rings. The fourth-order valence-corrected chi connectivity index (χ4v) is 2.68. The van der Waals surface area contributed by atoms with E-state index in [0.717, 1.165) is 11.3 Å². The number of hydrogen-bond acceptors (Lipinski definition) is 3. The summed E-state index contributed by atoms with van der Waals surface area (Å²) in [6.07, 6.45) is 1.19. The number of rotatable bonds is 4. The van der Waals surface area contributed by atoms with E-state index in [0.29, 0.717) is 22.7 Å². The molecule has 0 spiro atoms. The van der Waals surface area contributed by atoms with E-state index >= 15 is 0 Å². The summed E-state index contributed by atoms with van der Waals surface area (Å²) in [5.74, 6) is 0.0989. The molecule has 0 saturated carbocycles. The van der Waals surface area contributed by atoms with Gasteiger partial charge in [-0.2, -0.15) is 0 Å². The standard InChI is InChI=1S/C13H12ClNOS/c14-11-7-8-17-13(11)12(16)6-3-9-1-4-10(15)5-2-9/h1-2,4-5,7-8H,3,6,15H2. The molecule has 0 aliphatic heterocycles. The van der Waals surface area contributed by atoms with Gasteiger partial charge in [0.05, 0.1) is 9.90 Å². The summed E-state index contributed by atoms with van der Waals surface area (Å²) in [7, 11) is 0. The Bertz CT molecular complexity index is 518. The lowest BCUT2D eigenvalue weighted by Gasteiger charge is -2.01. The second kappa shape index (κ2) is 5.34. The lowest BCUT2D eigenvalue weighted by molar-refractivity contribution is 0.0987. The van der Waals surface area contributed by atoms with Crippen molar-refractivity contribution in [1.29, 1.82) is 0 Å². The number of aryl methyl sites for hydroxylation is 1. The Morgan fingerprint density at radius 1 is 1.24 bits per heavy atom. The number of ketones is 1. The minimum absolute atomic E-state index is 0.0989. The number of nitrogens with two attached hydrogens (primary N) is 1. The molecule has 17 heavy (non-hydrogen) atoms. The number of Topliss-reactive ketones (excluding diaryl/α,β-unsaturated/α-hetero) is 1. The first-order valence-electron chi connectivity index (χ1n) is 5.27. The first-order chi connectivity index (χ1) is 8.16. The molecular formula is C13H12ClNOS. The Morgan fingerprint density at radius 2 is 1.94 bits per heavy atom. The SMILES string of the molecule is Nc1ccc(CCC(=O)c2sccc2Cl)cc1. The van der Waals surface area contributed by atoms with Crippen LogP contribution < -0.4 is 5.73 Å². The third-order valence-electron chi connectivity index (χ3n) is 2.49. The average Bonchev–Trinajstić information content (AvgIpc) is 2.74. The minimum Gasteiger partial charge on any atom is -0.399 e. The second-order valence-electron chi connectivity index (χ2n) is 3.76. The quantitative estimate of drug-likeness (QED) is 0.675. The van der Waals surface area contributed by atoms with E-state index in [-0.39, 0.29) is 5.78 Å². The van der Waals surface area contributed by atoms with Gasteiger partial charge in [-0.1, -0.05) is 23.7 Å². The van der Waals surface area contributed by atoms with Crippen LogP contribution in [0.4, 0.5) is 5.69 Å². The fourth-order valence-electron chi connectivity index (χ4n) is 1.55. The first-order valence-corrected chi connectivity index (χ1v) is 6.53. The molecule has 0 radical (unpaired) electrons. The van der Waals surface area contributed by atoms with E-state index in [1.165, 1.54) is 11.3 Å². The molecule has 0 unspecified atom stereocenters. The van der Waals surface area contributed by atoms with E-state index in [9.17, 15) is 4.79 Å². The summed E-state index contributed by atoms with van der Waals surface area (Å²) in [6.45, 7) is 0. The molecule has 1 aromatic carbocycles. The van der Waals surface area contributed by atoms with E-state index in [2.05, 4.69) is 0 Å². The van der Waals surface area contributed by atoms with Crippen LogP contribution >= 0.6 is 22.9 Å². The summed E-state index contributed by atoms with van der Waals surface area (Å²) in [6, 6.07) is 9.33. The maximum atomic E-state index is 11.9. The zero-order valence-corrected chi connectivity index (χ0v) is 10.7. The van der Waals surface area contributed by atoms with Crippen LogP contribution in [-0.4, -0.2) is 5.78 Å². The lowest BCUT2D eigenvalue weighted by atomic mass is 10.1. The summed E-state index contributed by atoms with van der Waals surface area (Å²) >= 11 is 7.30. The van der Waals surface area contributed by atoms with E-state index in [4.69, 9.17) is 17.3 Å². The number of carbonyl (C=O) groups is 1. The van der Waals surface area contributed by atoms with Crippen LogP contribution in [0.3, 0.4) is 0 Å². The molecule has 88 valence electrons. The first kappa shape index (κ1) is 12.1. The fraction of sp³-hybridized carbons (Fsp3) is 0.154. The molecule has 0 saturated heterocycles. The van der Waals surface area contributed by atoms with E-state index in [1.54, 1.807) is 6.07 Å². The molecule has 0 fully saturated rings. The Labute approximate surface area is 109 Å². The monoisotopic (exact) mass is 265 g/mol. The molecule has 1 aromatic heterocycles. The third-order valence-corrected chi connectivity index (χ3v) is 3.87. The van der Waals surface area contributed by atoms with Gasteiger partial charge in [0.1, 0.15) is 0 Å². The van der Waals surface area contributed by atoms with Crippen LogP contribution in [-0.2, 0) is 6.42 Å². The maximum absolute atomic E-state index is 11.9. The van der Waals surface area contributed by atoms with Gasteiger partial charge in [-0.05, 0) is 35.6 Å². The number of hydrogen-bond donors (Lipinski definition) is 1. The van der Waals surface area contributed by atoms with Gasteiger partial charge >= 0.3 is 0 Å². The molecule has 0 atom stereocenters. The molecule has 0 amide bonds. The van der Waals surface area contributed by atoms with Crippen LogP contribution in [0.25, 0.3) is 0 Å². The smallest absolute Gasteiger partial charge is 0.174 e. The number of nitrogen functional groups attached to an aromatic ring is 1. The zero-order valence-electron chi connectivity index (χ0n) is 9.15. The van der Waals surface area contributed by atoms with Crippen molar-refractivity contribution in [1.82, 2.24) is 0 Å². The molecule has 4 heteroatoms. The topological polar surface area (TPSA) is 43.1 Å². The molecule has 2 N–H and O–H groups in total. The van der Waals surface area contributed by atoms with Crippen LogP contribution in [0, 0.1) is 0 Å². The normalized spacial score (nSPS) is 10.4. The van der Waals surface area contributed by atoms with Gasteiger partial charge in [0.15, 0.2) is 5.78 Å². The molecule has 0 bridgehead atoms. The Morgan fingerprint density at radius 3 is 2.53 bits per heavy atom. The second-order valence-corrected chi connectivity index (χ2v) is 5.09. The van der Waals surface area contributed by atoms with Crippen molar-refractivity contribution >= 4 is 34.4 Å². The molecule has 0 aliphatic carbocycles. The van der Waals surface area contributed by atoms with Gasteiger partial charge in [-0.25, -0.2) is 0 Å². The Hall–Kier alpha value is -1.32. The maximum Gasteiger partial charge on any atom is 0.174 e. The highest BCUT2D eigenvalue weighted by Gasteiger charge is 2.11. The van der Waals surface area contributed by atoms with Crippen molar-refractivity contribution in [3.05, 3.63) is 51.2 Å². The average molecular weight is 266 g/mol. The summed E-state index contributed by atoms with van der Waals surface area (Å²) in [5.41, 5.74) is 7.45. The largest absolute Gasteiger partial charge is 0.399 e. The van der Waals surface area contributed by atoms with Crippen LogP contribution in [0.15, 0.2) is 35.7 Å². The molecule has 2 aromatic rings. The highest BCUT2D eigenvalue weighted by atomic mass is 35.5. The Balaban J connectivity index is 1.97. The van der Waals surface area contributed by atoms with Gasteiger partial charge in [-0.3, -0.25) is 4.79 Å². The van der Waals surface area contributed by atoms with E-state index in [1.807, 2.05) is 29.6 Å². The van der Waals surface area contributed by atoms with Crippen LogP contribution in [0.1, 0.15) is 21.7 Å². The summed E-state index contributed by atoms with van der Waals surface area (Å²) in [4.78, 5) is 12.5. The number of anilines is 1. The lowest BCUT2D eigenvalue weighted by Crippen LogP contribution is -1.99.